The maximum atomic E-state index is 12.7. The molecule has 2 rings (SSSR count). The van der Waals surface area contributed by atoms with Crippen molar-refractivity contribution in [2.24, 2.45) is 10.8 Å². The summed E-state index contributed by atoms with van der Waals surface area (Å²) in [7, 11) is 0. The number of hydrogen-bond acceptors (Lipinski definition) is 3. The molecule has 0 bridgehead atoms. The summed E-state index contributed by atoms with van der Waals surface area (Å²) in [5.74, 6) is -0.935. The van der Waals surface area contributed by atoms with Crippen LogP contribution in [0, 0.1) is 10.8 Å². The fourth-order valence-corrected chi connectivity index (χ4v) is 4.14. The van der Waals surface area contributed by atoms with Gasteiger partial charge in [0, 0.05) is 18.5 Å². The van der Waals surface area contributed by atoms with Crippen molar-refractivity contribution >= 4 is 17.8 Å². The lowest BCUT2D eigenvalue weighted by Crippen LogP contribution is -2.51. The van der Waals surface area contributed by atoms with Gasteiger partial charge in [-0.25, -0.2) is 0 Å². The molecule has 1 saturated heterocycles. The predicted molar refractivity (Wildman–Crippen MR) is 95.0 cm³/mol. The maximum Gasteiger partial charge on any atom is 0.303 e. The highest BCUT2D eigenvalue weighted by atomic mass is 16.4. The molecule has 0 radical (unpaired) electrons. The van der Waals surface area contributed by atoms with Crippen LogP contribution in [-0.4, -0.2) is 46.9 Å². The van der Waals surface area contributed by atoms with Crippen LogP contribution in [0.2, 0.25) is 0 Å². The molecule has 0 aromatic heterocycles. The van der Waals surface area contributed by atoms with Gasteiger partial charge >= 0.3 is 5.97 Å². The first-order valence-corrected chi connectivity index (χ1v) is 9.45. The molecule has 2 fully saturated rings. The smallest absolute Gasteiger partial charge is 0.303 e. The highest BCUT2D eigenvalue weighted by Gasteiger charge is 2.40. The molecular weight excluding hydrogens is 320 g/mol. The lowest BCUT2D eigenvalue weighted by atomic mass is 9.71. The number of rotatable bonds is 5. The Morgan fingerprint density at radius 2 is 1.76 bits per heavy atom. The second-order valence-corrected chi connectivity index (χ2v) is 8.76. The molecule has 2 aliphatic rings. The molecule has 1 aliphatic heterocycles. The Hall–Kier alpha value is -1.59. The SMILES string of the molecule is CC(C)(C)C(=O)N1CCCC1C(=O)NCC1(CC(=O)O)CCCCC1. The molecule has 1 atom stereocenters. The van der Waals surface area contributed by atoms with Gasteiger partial charge in [0.2, 0.25) is 11.8 Å². The standard InChI is InChI=1S/C19H32N2O4/c1-18(2,3)17(25)21-11-7-8-14(21)16(24)20-13-19(12-15(22)23)9-5-4-6-10-19/h14H,4-13H2,1-3H3,(H,20,24)(H,22,23). The Bertz CT molecular complexity index is 518. The fourth-order valence-electron chi connectivity index (χ4n) is 4.14. The highest BCUT2D eigenvalue weighted by Crippen LogP contribution is 2.39. The summed E-state index contributed by atoms with van der Waals surface area (Å²) in [6, 6.07) is -0.419. The van der Waals surface area contributed by atoms with E-state index in [1.54, 1.807) is 4.90 Å². The van der Waals surface area contributed by atoms with E-state index in [2.05, 4.69) is 5.32 Å². The van der Waals surface area contributed by atoms with Gasteiger partial charge in [0.1, 0.15) is 6.04 Å². The molecule has 2 N–H and O–H groups in total. The number of likely N-dealkylation sites (tertiary alicyclic amines) is 1. The first-order chi connectivity index (χ1) is 11.6. The average Bonchev–Trinajstić information content (AvgIpc) is 3.00. The first-order valence-electron chi connectivity index (χ1n) is 9.45. The largest absolute Gasteiger partial charge is 0.481 e. The van der Waals surface area contributed by atoms with Gasteiger partial charge in [0.25, 0.3) is 0 Å². The average molecular weight is 352 g/mol. The van der Waals surface area contributed by atoms with Crippen molar-refractivity contribution in [2.45, 2.75) is 78.2 Å². The van der Waals surface area contributed by atoms with Crippen LogP contribution in [-0.2, 0) is 14.4 Å². The summed E-state index contributed by atoms with van der Waals surface area (Å²) in [6.45, 7) is 6.62. The van der Waals surface area contributed by atoms with Gasteiger partial charge in [-0.15, -0.1) is 0 Å². The van der Waals surface area contributed by atoms with Crippen molar-refractivity contribution in [3.63, 3.8) is 0 Å². The fraction of sp³-hybridized carbons (Fsp3) is 0.842. The van der Waals surface area contributed by atoms with Crippen molar-refractivity contribution in [1.82, 2.24) is 10.2 Å². The molecular formula is C19H32N2O4. The van der Waals surface area contributed by atoms with Crippen molar-refractivity contribution in [1.29, 1.82) is 0 Å². The minimum atomic E-state index is -0.804. The van der Waals surface area contributed by atoms with Crippen LogP contribution in [0.5, 0.6) is 0 Å². The molecule has 142 valence electrons. The van der Waals surface area contributed by atoms with Crippen molar-refractivity contribution in [2.75, 3.05) is 13.1 Å². The van der Waals surface area contributed by atoms with E-state index < -0.39 is 17.4 Å². The highest BCUT2D eigenvalue weighted by molar-refractivity contribution is 5.90. The first kappa shape index (κ1) is 19.7. The van der Waals surface area contributed by atoms with Crippen LogP contribution < -0.4 is 5.32 Å². The molecule has 0 aromatic rings. The van der Waals surface area contributed by atoms with Gasteiger partial charge in [0.15, 0.2) is 0 Å². The number of carbonyl (C=O) groups is 3. The van der Waals surface area contributed by atoms with E-state index in [1.807, 2.05) is 20.8 Å². The summed E-state index contributed by atoms with van der Waals surface area (Å²) < 4.78 is 0. The van der Waals surface area contributed by atoms with Crippen LogP contribution in [0.15, 0.2) is 0 Å². The van der Waals surface area contributed by atoms with Gasteiger partial charge in [-0.05, 0) is 31.1 Å². The zero-order valence-electron chi connectivity index (χ0n) is 15.8. The zero-order valence-corrected chi connectivity index (χ0v) is 15.8. The van der Waals surface area contributed by atoms with Gasteiger partial charge in [0.05, 0.1) is 6.42 Å². The van der Waals surface area contributed by atoms with Crippen LogP contribution in [0.3, 0.4) is 0 Å². The molecule has 0 aromatic carbocycles. The van der Waals surface area contributed by atoms with E-state index in [0.717, 1.165) is 38.5 Å². The third kappa shape index (κ3) is 4.95. The summed E-state index contributed by atoms with van der Waals surface area (Å²) >= 11 is 0. The van der Waals surface area contributed by atoms with E-state index in [9.17, 15) is 19.5 Å². The lowest BCUT2D eigenvalue weighted by Gasteiger charge is -2.37. The number of carboxylic acids is 1. The second-order valence-electron chi connectivity index (χ2n) is 8.76. The van der Waals surface area contributed by atoms with Crippen LogP contribution in [0.1, 0.15) is 72.1 Å². The minimum absolute atomic E-state index is 0.00284. The van der Waals surface area contributed by atoms with Crippen molar-refractivity contribution in [3.8, 4) is 0 Å². The van der Waals surface area contributed by atoms with E-state index in [-0.39, 0.29) is 23.7 Å². The topological polar surface area (TPSA) is 86.7 Å². The molecule has 1 heterocycles. The Morgan fingerprint density at radius 1 is 1.12 bits per heavy atom. The van der Waals surface area contributed by atoms with E-state index in [4.69, 9.17) is 0 Å². The van der Waals surface area contributed by atoms with Gasteiger partial charge in [-0.2, -0.15) is 0 Å². The number of carboxylic acid groups (broad SMARTS) is 1. The van der Waals surface area contributed by atoms with Crippen LogP contribution in [0.25, 0.3) is 0 Å². The van der Waals surface area contributed by atoms with Gasteiger partial charge < -0.3 is 15.3 Å². The maximum absolute atomic E-state index is 12.7. The quantitative estimate of drug-likeness (QED) is 0.796. The van der Waals surface area contributed by atoms with Crippen molar-refractivity contribution in [3.05, 3.63) is 0 Å². The molecule has 6 nitrogen and oxygen atoms in total. The van der Waals surface area contributed by atoms with Crippen LogP contribution in [0.4, 0.5) is 0 Å². The van der Waals surface area contributed by atoms with E-state index in [0.29, 0.717) is 19.5 Å². The van der Waals surface area contributed by atoms with Gasteiger partial charge in [-0.3, -0.25) is 14.4 Å². The number of hydrogen-bond donors (Lipinski definition) is 2. The van der Waals surface area contributed by atoms with Gasteiger partial charge in [-0.1, -0.05) is 40.0 Å². The zero-order chi connectivity index (χ0) is 18.7. The summed E-state index contributed by atoms with van der Waals surface area (Å²) in [6.07, 6.45) is 6.46. The third-order valence-corrected chi connectivity index (χ3v) is 5.54. The Labute approximate surface area is 150 Å². The third-order valence-electron chi connectivity index (χ3n) is 5.54. The van der Waals surface area contributed by atoms with Crippen molar-refractivity contribution < 1.29 is 19.5 Å². The Kier molecular flexibility index (Phi) is 6.12. The molecule has 0 spiro atoms. The molecule has 1 aliphatic carbocycles. The molecule has 1 unspecified atom stereocenters. The number of nitrogens with zero attached hydrogens (tertiary/aromatic N) is 1. The van der Waals surface area contributed by atoms with E-state index in [1.165, 1.54) is 0 Å². The Morgan fingerprint density at radius 3 is 2.32 bits per heavy atom. The molecule has 2 amide bonds. The minimum Gasteiger partial charge on any atom is -0.481 e. The normalized spacial score (nSPS) is 23.3. The number of nitrogens with one attached hydrogen (secondary N) is 1. The molecule has 6 heteroatoms. The molecule has 1 saturated carbocycles. The second kappa shape index (κ2) is 7.75. The number of amides is 2. The summed E-state index contributed by atoms with van der Waals surface area (Å²) in [4.78, 5) is 38.2. The summed E-state index contributed by atoms with van der Waals surface area (Å²) in [5, 5.41) is 12.2. The number of aliphatic carboxylic acids is 1. The lowest BCUT2D eigenvalue weighted by molar-refractivity contribution is -0.145. The monoisotopic (exact) mass is 352 g/mol. The summed E-state index contributed by atoms with van der Waals surface area (Å²) in [5.41, 5.74) is -0.839. The molecule has 25 heavy (non-hydrogen) atoms. The predicted octanol–water partition coefficient (Wildman–Crippen LogP) is 2.56. The number of carbonyl (C=O) groups excluding carboxylic acids is 2. The Balaban J connectivity index is 2.00. The van der Waals surface area contributed by atoms with E-state index >= 15 is 0 Å². The van der Waals surface area contributed by atoms with Crippen LogP contribution >= 0.6 is 0 Å².